The highest BCUT2D eigenvalue weighted by Crippen LogP contribution is 2.13. The van der Waals surface area contributed by atoms with Crippen LogP contribution >= 0.6 is 0 Å². The first-order valence-corrected chi connectivity index (χ1v) is 4.38. The van der Waals surface area contributed by atoms with Crippen molar-refractivity contribution in [1.29, 1.82) is 0 Å². The maximum absolute atomic E-state index is 11.2. The number of carboxylic acid groups (broad SMARTS) is 1. The number of unbranched alkanes of at least 4 members (excludes halogenated alkanes) is 1. The van der Waals surface area contributed by atoms with Crippen molar-refractivity contribution in [2.45, 2.75) is 24.8 Å². The molecule has 0 bridgehead atoms. The summed E-state index contributed by atoms with van der Waals surface area (Å²) in [6.45, 7) is 3.68. The van der Waals surface area contributed by atoms with Crippen LogP contribution in [0.1, 0.15) is 19.3 Å². The second-order valence-electron chi connectivity index (χ2n) is 3.09. The van der Waals surface area contributed by atoms with Gasteiger partial charge in [-0.3, -0.25) is 4.79 Å². The van der Waals surface area contributed by atoms with Gasteiger partial charge in [-0.15, -0.1) is 0 Å². The van der Waals surface area contributed by atoms with E-state index < -0.39 is 17.3 Å². The van der Waals surface area contributed by atoms with Gasteiger partial charge in [0.05, 0.1) is 0 Å². The average molecular weight is 200 g/mol. The van der Waals surface area contributed by atoms with Gasteiger partial charge in [0.25, 0.3) is 0 Å². The predicted molar refractivity (Wildman–Crippen MR) is 52.7 cm³/mol. The van der Waals surface area contributed by atoms with Gasteiger partial charge in [-0.05, 0) is 31.9 Å². The Hall–Kier alpha value is -1.20. The Morgan fingerprint density at radius 3 is 2.36 bits per heavy atom. The van der Waals surface area contributed by atoms with E-state index in [1.165, 1.54) is 0 Å². The highest BCUT2D eigenvalue weighted by molar-refractivity contribution is 6.12. The summed E-state index contributed by atoms with van der Waals surface area (Å²) in [6.07, 6.45) is 2.19. The minimum Gasteiger partial charge on any atom is -0.480 e. The Morgan fingerprint density at radius 2 is 2.00 bits per heavy atom. The van der Waals surface area contributed by atoms with Crippen molar-refractivity contribution in [2.24, 2.45) is 11.5 Å². The highest BCUT2D eigenvalue weighted by atomic mass is 16.4. The van der Waals surface area contributed by atoms with Crippen molar-refractivity contribution in [3.8, 4) is 0 Å². The molecule has 0 aromatic heterocycles. The molecule has 0 aromatic carbocycles. The Bertz CT molecular complexity index is 240. The number of nitrogens with two attached hydrogens (primary N) is 2. The fourth-order valence-corrected chi connectivity index (χ4v) is 1.07. The quantitative estimate of drug-likeness (QED) is 0.296. The molecule has 0 aliphatic rings. The number of carbonyl (C=O) groups is 2. The molecule has 0 fully saturated rings. The van der Waals surface area contributed by atoms with E-state index in [-0.39, 0.29) is 6.42 Å². The van der Waals surface area contributed by atoms with Crippen LogP contribution in [-0.2, 0) is 9.59 Å². The Kier molecular flexibility index (Phi) is 5.04. The number of carboxylic acids is 1. The largest absolute Gasteiger partial charge is 0.480 e. The van der Waals surface area contributed by atoms with E-state index in [0.29, 0.717) is 19.4 Å². The molecule has 0 aliphatic heterocycles. The predicted octanol–water partition coefficient (Wildman–Crippen LogP) is -0.347. The molecule has 5 N–H and O–H groups in total. The SMILES string of the molecule is C=CC(=O)[C@](N)(CCCCN)C(=O)O. The van der Waals surface area contributed by atoms with Crippen LogP contribution in [-0.4, -0.2) is 28.9 Å². The van der Waals surface area contributed by atoms with Gasteiger partial charge in [0.15, 0.2) is 11.3 Å². The lowest BCUT2D eigenvalue weighted by Crippen LogP contribution is -2.54. The van der Waals surface area contributed by atoms with Crippen LogP contribution < -0.4 is 11.5 Å². The molecule has 14 heavy (non-hydrogen) atoms. The molecule has 0 aromatic rings. The minimum atomic E-state index is -1.84. The Balaban J connectivity index is 4.48. The zero-order valence-electron chi connectivity index (χ0n) is 8.03. The van der Waals surface area contributed by atoms with Gasteiger partial charge in [-0.2, -0.15) is 0 Å². The number of aliphatic carboxylic acids is 1. The summed E-state index contributed by atoms with van der Waals surface area (Å²) in [7, 11) is 0. The summed E-state index contributed by atoms with van der Waals surface area (Å²) >= 11 is 0. The van der Waals surface area contributed by atoms with Crippen molar-refractivity contribution in [3.63, 3.8) is 0 Å². The first-order valence-electron chi connectivity index (χ1n) is 4.38. The molecule has 0 unspecified atom stereocenters. The third-order valence-corrected chi connectivity index (χ3v) is 2.03. The molecule has 0 spiro atoms. The van der Waals surface area contributed by atoms with Gasteiger partial charge >= 0.3 is 5.97 Å². The standard InChI is InChI=1S/C9H16N2O3/c1-2-7(12)9(11,8(13)14)5-3-4-6-10/h2H,1,3-6,10-11H2,(H,13,14)/t9-/m1/s1. The van der Waals surface area contributed by atoms with Crippen molar-refractivity contribution in [3.05, 3.63) is 12.7 Å². The fourth-order valence-electron chi connectivity index (χ4n) is 1.07. The van der Waals surface area contributed by atoms with Crippen molar-refractivity contribution >= 4 is 11.8 Å². The van der Waals surface area contributed by atoms with Crippen LogP contribution in [0, 0.1) is 0 Å². The van der Waals surface area contributed by atoms with E-state index in [1.807, 2.05) is 0 Å². The third-order valence-electron chi connectivity index (χ3n) is 2.03. The lowest BCUT2D eigenvalue weighted by molar-refractivity contribution is -0.147. The number of hydrogen-bond donors (Lipinski definition) is 3. The van der Waals surface area contributed by atoms with Crippen LogP contribution in [0.3, 0.4) is 0 Å². The third kappa shape index (κ3) is 2.93. The number of carbonyl (C=O) groups excluding carboxylic acids is 1. The Labute approximate surface area is 82.8 Å². The summed E-state index contributed by atoms with van der Waals surface area (Å²) in [4.78, 5) is 22.0. The second-order valence-corrected chi connectivity index (χ2v) is 3.09. The van der Waals surface area contributed by atoms with Crippen LogP contribution in [0.15, 0.2) is 12.7 Å². The number of rotatable bonds is 7. The molecule has 0 saturated carbocycles. The fraction of sp³-hybridized carbons (Fsp3) is 0.556. The van der Waals surface area contributed by atoms with E-state index in [1.54, 1.807) is 0 Å². The first kappa shape index (κ1) is 12.8. The zero-order chi connectivity index (χ0) is 11.2. The molecule has 0 heterocycles. The van der Waals surface area contributed by atoms with Crippen molar-refractivity contribution in [1.82, 2.24) is 0 Å². The monoisotopic (exact) mass is 200 g/mol. The molecule has 1 atom stereocenters. The molecule has 80 valence electrons. The van der Waals surface area contributed by atoms with Crippen LogP contribution in [0.25, 0.3) is 0 Å². The first-order chi connectivity index (χ1) is 6.49. The van der Waals surface area contributed by atoms with Gasteiger partial charge < -0.3 is 16.6 Å². The maximum Gasteiger partial charge on any atom is 0.331 e. The summed E-state index contributed by atoms with van der Waals surface area (Å²) in [5.41, 5.74) is 8.89. The van der Waals surface area contributed by atoms with Gasteiger partial charge in [0.1, 0.15) is 0 Å². The molecule has 0 amide bonds. The molecule has 5 heteroatoms. The van der Waals surface area contributed by atoms with E-state index in [2.05, 4.69) is 6.58 Å². The lowest BCUT2D eigenvalue weighted by atomic mass is 9.89. The van der Waals surface area contributed by atoms with Gasteiger partial charge in [0.2, 0.25) is 0 Å². The summed E-state index contributed by atoms with van der Waals surface area (Å²) < 4.78 is 0. The van der Waals surface area contributed by atoms with Crippen LogP contribution in [0.5, 0.6) is 0 Å². The van der Waals surface area contributed by atoms with Crippen LogP contribution in [0.4, 0.5) is 0 Å². The molecular formula is C9H16N2O3. The molecule has 0 radical (unpaired) electrons. The number of hydrogen-bond acceptors (Lipinski definition) is 4. The number of ketones is 1. The highest BCUT2D eigenvalue weighted by Gasteiger charge is 2.39. The van der Waals surface area contributed by atoms with Gasteiger partial charge in [0, 0.05) is 0 Å². The topological polar surface area (TPSA) is 106 Å². The Morgan fingerprint density at radius 1 is 1.43 bits per heavy atom. The molecule has 0 aliphatic carbocycles. The van der Waals surface area contributed by atoms with Crippen molar-refractivity contribution in [2.75, 3.05) is 6.54 Å². The van der Waals surface area contributed by atoms with Gasteiger partial charge in [-0.1, -0.05) is 6.58 Å². The molecule has 0 saturated heterocycles. The summed E-state index contributed by atoms with van der Waals surface area (Å²) in [5.74, 6) is -1.98. The molecular weight excluding hydrogens is 184 g/mol. The maximum atomic E-state index is 11.2. The summed E-state index contributed by atoms with van der Waals surface area (Å²) in [5, 5.41) is 8.81. The van der Waals surface area contributed by atoms with E-state index in [0.717, 1.165) is 6.08 Å². The van der Waals surface area contributed by atoms with Crippen LogP contribution in [0.2, 0.25) is 0 Å². The lowest BCUT2D eigenvalue weighted by Gasteiger charge is -2.21. The molecule has 0 rings (SSSR count). The molecule has 5 nitrogen and oxygen atoms in total. The minimum absolute atomic E-state index is 0.0877. The van der Waals surface area contributed by atoms with Gasteiger partial charge in [-0.25, -0.2) is 4.79 Å². The zero-order valence-corrected chi connectivity index (χ0v) is 8.03. The van der Waals surface area contributed by atoms with E-state index >= 15 is 0 Å². The van der Waals surface area contributed by atoms with E-state index in [4.69, 9.17) is 16.6 Å². The second kappa shape index (κ2) is 5.51. The average Bonchev–Trinajstić information content (AvgIpc) is 2.16. The van der Waals surface area contributed by atoms with E-state index in [9.17, 15) is 9.59 Å². The smallest absolute Gasteiger partial charge is 0.331 e. The van der Waals surface area contributed by atoms with Crippen molar-refractivity contribution < 1.29 is 14.7 Å². The summed E-state index contributed by atoms with van der Waals surface area (Å²) in [6, 6.07) is 0. The normalized spacial score (nSPS) is 14.4.